The molecular formula is C19H17F3N6O. The van der Waals surface area contributed by atoms with E-state index in [0.29, 0.717) is 30.5 Å². The number of fused-ring (bicyclic) bond motifs is 2. The van der Waals surface area contributed by atoms with Gasteiger partial charge in [-0.15, -0.1) is 5.10 Å². The predicted octanol–water partition coefficient (Wildman–Crippen LogP) is 3.98. The number of hydrogen-bond donors (Lipinski definition) is 0. The van der Waals surface area contributed by atoms with Crippen LogP contribution in [0.25, 0.3) is 16.9 Å². The molecule has 0 bridgehead atoms. The van der Waals surface area contributed by atoms with E-state index in [4.69, 9.17) is 4.42 Å². The number of anilines is 1. The van der Waals surface area contributed by atoms with Crippen LogP contribution in [0.4, 0.5) is 19.0 Å². The van der Waals surface area contributed by atoms with Crippen LogP contribution in [0.1, 0.15) is 36.2 Å². The highest BCUT2D eigenvalue weighted by molar-refractivity contribution is 5.72. The monoisotopic (exact) mass is 402 g/mol. The van der Waals surface area contributed by atoms with Crippen LogP contribution in [0.5, 0.6) is 0 Å². The molecule has 0 aliphatic carbocycles. The molecular weight excluding hydrogens is 385 g/mol. The molecule has 0 saturated carbocycles. The highest BCUT2D eigenvalue weighted by Gasteiger charge is 2.37. The summed E-state index contributed by atoms with van der Waals surface area (Å²) in [6.07, 6.45) is -3.06. The number of oxazole rings is 1. The number of aromatic nitrogens is 5. The number of rotatable bonds is 2. The van der Waals surface area contributed by atoms with Crippen LogP contribution in [0.2, 0.25) is 0 Å². The molecule has 1 fully saturated rings. The third kappa shape index (κ3) is 3.18. The Hall–Kier alpha value is -3.17. The third-order valence-corrected chi connectivity index (χ3v) is 5.15. The fourth-order valence-corrected chi connectivity index (χ4v) is 3.73. The largest absolute Gasteiger partial charge is 0.453 e. The summed E-state index contributed by atoms with van der Waals surface area (Å²) in [6, 6.07) is 9.37. The first-order chi connectivity index (χ1) is 13.9. The van der Waals surface area contributed by atoms with Crippen molar-refractivity contribution in [3.8, 4) is 0 Å². The van der Waals surface area contributed by atoms with E-state index in [9.17, 15) is 13.2 Å². The van der Waals surface area contributed by atoms with Crippen LogP contribution in [0.3, 0.4) is 0 Å². The Morgan fingerprint density at radius 3 is 2.55 bits per heavy atom. The summed E-state index contributed by atoms with van der Waals surface area (Å²) in [5, 5.41) is 3.65. The van der Waals surface area contributed by atoms with Crippen LogP contribution in [-0.2, 0) is 6.18 Å². The molecule has 29 heavy (non-hydrogen) atoms. The minimum absolute atomic E-state index is 0.0478. The van der Waals surface area contributed by atoms with Gasteiger partial charge in [0.15, 0.2) is 11.5 Å². The normalized spacial score (nSPS) is 16.2. The van der Waals surface area contributed by atoms with Gasteiger partial charge in [-0.3, -0.25) is 0 Å². The van der Waals surface area contributed by atoms with Crippen molar-refractivity contribution in [1.82, 2.24) is 24.6 Å². The van der Waals surface area contributed by atoms with Crippen molar-refractivity contribution >= 4 is 22.7 Å². The quantitative estimate of drug-likeness (QED) is 0.505. The molecule has 1 saturated heterocycles. The fraction of sp³-hybridized carbons (Fsp3) is 0.368. The van der Waals surface area contributed by atoms with E-state index >= 15 is 0 Å². The molecule has 150 valence electrons. The Morgan fingerprint density at radius 2 is 1.83 bits per heavy atom. The molecule has 1 aromatic carbocycles. The number of benzene rings is 1. The maximum absolute atomic E-state index is 13.0. The summed E-state index contributed by atoms with van der Waals surface area (Å²) in [5.74, 6) is 0.207. The van der Waals surface area contributed by atoms with E-state index in [0.717, 1.165) is 23.9 Å². The number of para-hydroxylation sites is 2. The van der Waals surface area contributed by atoms with Crippen LogP contribution >= 0.6 is 0 Å². The molecule has 1 aliphatic rings. The van der Waals surface area contributed by atoms with Crippen molar-refractivity contribution in [1.29, 1.82) is 0 Å². The van der Waals surface area contributed by atoms with Crippen LogP contribution in [0.15, 0.2) is 34.7 Å². The molecule has 5 rings (SSSR count). The van der Waals surface area contributed by atoms with Gasteiger partial charge in [-0.1, -0.05) is 12.1 Å². The second-order valence-electron chi connectivity index (χ2n) is 7.18. The van der Waals surface area contributed by atoms with Crippen molar-refractivity contribution in [3.05, 3.63) is 47.7 Å². The van der Waals surface area contributed by atoms with E-state index in [1.807, 2.05) is 29.2 Å². The minimum Gasteiger partial charge on any atom is -0.440 e. The lowest BCUT2D eigenvalue weighted by Crippen LogP contribution is -2.34. The Balaban J connectivity index is 1.41. The summed E-state index contributed by atoms with van der Waals surface area (Å²) < 4.78 is 46.2. The number of alkyl halides is 3. The molecule has 4 heterocycles. The zero-order chi connectivity index (χ0) is 20.2. The van der Waals surface area contributed by atoms with Gasteiger partial charge in [-0.25, -0.2) is 9.97 Å². The van der Waals surface area contributed by atoms with Gasteiger partial charge < -0.3 is 9.32 Å². The third-order valence-electron chi connectivity index (χ3n) is 5.15. The molecule has 3 aromatic heterocycles. The van der Waals surface area contributed by atoms with E-state index in [2.05, 4.69) is 20.1 Å². The van der Waals surface area contributed by atoms with E-state index in [1.165, 1.54) is 4.52 Å². The SMILES string of the molecule is Cc1cc(N2CCC(c3nc4ccccc4o3)CC2)n2nc(C(F)(F)F)nc2n1. The lowest BCUT2D eigenvalue weighted by atomic mass is 9.97. The van der Waals surface area contributed by atoms with Crippen molar-refractivity contribution in [3.63, 3.8) is 0 Å². The van der Waals surface area contributed by atoms with Crippen LogP contribution < -0.4 is 4.90 Å². The summed E-state index contributed by atoms with van der Waals surface area (Å²) in [7, 11) is 0. The van der Waals surface area contributed by atoms with Crippen molar-refractivity contribution in [2.45, 2.75) is 31.9 Å². The lowest BCUT2D eigenvalue weighted by molar-refractivity contribution is -0.144. The summed E-state index contributed by atoms with van der Waals surface area (Å²) in [4.78, 5) is 14.2. The van der Waals surface area contributed by atoms with E-state index in [-0.39, 0.29) is 11.7 Å². The molecule has 0 radical (unpaired) electrons. The second-order valence-corrected chi connectivity index (χ2v) is 7.18. The topological polar surface area (TPSA) is 72.4 Å². The highest BCUT2D eigenvalue weighted by atomic mass is 19.4. The van der Waals surface area contributed by atoms with Crippen LogP contribution in [-0.4, -0.2) is 37.7 Å². The Kier molecular flexibility index (Phi) is 3.97. The van der Waals surface area contributed by atoms with Gasteiger partial charge in [-0.2, -0.15) is 22.7 Å². The molecule has 7 nitrogen and oxygen atoms in total. The Bertz CT molecular complexity index is 1160. The van der Waals surface area contributed by atoms with Crippen molar-refractivity contribution in [2.24, 2.45) is 0 Å². The zero-order valence-corrected chi connectivity index (χ0v) is 15.5. The molecule has 1 aliphatic heterocycles. The number of nitrogens with zero attached hydrogens (tertiary/aromatic N) is 6. The highest BCUT2D eigenvalue weighted by Crippen LogP contribution is 2.33. The number of piperidine rings is 1. The van der Waals surface area contributed by atoms with E-state index in [1.54, 1.807) is 13.0 Å². The lowest BCUT2D eigenvalue weighted by Gasteiger charge is -2.32. The number of aryl methyl sites for hydroxylation is 1. The van der Waals surface area contributed by atoms with Gasteiger partial charge in [0, 0.05) is 30.8 Å². The van der Waals surface area contributed by atoms with Gasteiger partial charge in [0.25, 0.3) is 11.6 Å². The van der Waals surface area contributed by atoms with Crippen molar-refractivity contribution in [2.75, 3.05) is 18.0 Å². The minimum atomic E-state index is -4.61. The molecule has 0 unspecified atom stereocenters. The fourth-order valence-electron chi connectivity index (χ4n) is 3.73. The van der Waals surface area contributed by atoms with Crippen LogP contribution in [0, 0.1) is 6.92 Å². The number of halogens is 3. The van der Waals surface area contributed by atoms with Gasteiger partial charge in [-0.05, 0) is 31.9 Å². The molecule has 0 N–H and O–H groups in total. The first-order valence-corrected chi connectivity index (χ1v) is 9.30. The van der Waals surface area contributed by atoms with Gasteiger partial charge in [0.05, 0.1) is 0 Å². The zero-order valence-electron chi connectivity index (χ0n) is 15.5. The maximum atomic E-state index is 13.0. The molecule has 0 spiro atoms. The summed E-state index contributed by atoms with van der Waals surface area (Å²) in [6.45, 7) is 3.02. The summed E-state index contributed by atoms with van der Waals surface area (Å²) >= 11 is 0. The molecule has 10 heteroatoms. The average molecular weight is 402 g/mol. The summed E-state index contributed by atoms with van der Waals surface area (Å²) in [5.41, 5.74) is 2.19. The Labute approximate surface area is 163 Å². The molecule has 0 amide bonds. The Morgan fingerprint density at radius 1 is 1.07 bits per heavy atom. The maximum Gasteiger partial charge on any atom is 0.453 e. The molecule has 4 aromatic rings. The van der Waals surface area contributed by atoms with Crippen molar-refractivity contribution < 1.29 is 17.6 Å². The predicted molar refractivity (Wildman–Crippen MR) is 98.7 cm³/mol. The van der Waals surface area contributed by atoms with E-state index < -0.39 is 12.0 Å². The van der Waals surface area contributed by atoms with Gasteiger partial charge >= 0.3 is 6.18 Å². The first-order valence-electron chi connectivity index (χ1n) is 9.30. The van der Waals surface area contributed by atoms with Gasteiger partial charge in [0.2, 0.25) is 0 Å². The average Bonchev–Trinajstić information content (AvgIpc) is 3.31. The smallest absolute Gasteiger partial charge is 0.440 e. The number of hydrogen-bond acceptors (Lipinski definition) is 6. The standard InChI is InChI=1S/C19H17F3N6O/c1-11-10-15(28-18(23-11)25-17(26-28)19(20,21)22)27-8-6-12(7-9-27)16-24-13-4-2-3-5-14(13)29-16/h2-5,10,12H,6-9H2,1H3. The molecule has 0 atom stereocenters. The van der Waals surface area contributed by atoms with Gasteiger partial charge in [0.1, 0.15) is 11.3 Å². The first kappa shape index (κ1) is 17.9. The second kappa shape index (κ2) is 6.43.